The van der Waals surface area contributed by atoms with Crippen LogP contribution in [-0.2, 0) is 22.7 Å². The van der Waals surface area contributed by atoms with Crippen LogP contribution in [0.25, 0.3) is 0 Å². The van der Waals surface area contributed by atoms with Gasteiger partial charge in [0.1, 0.15) is 0 Å². The quantitative estimate of drug-likeness (QED) is 0.889. The summed E-state index contributed by atoms with van der Waals surface area (Å²) >= 11 is 0. The minimum absolute atomic E-state index is 0.0380. The van der Waals surface area contributed by atoms with E-state index in [9.17, 15) is 9.59 Å². The van der Waals surface area contributed by atoms with Gasteiger partial charge in [0.25, 0.3) is 0 Å². The van der Waals surface area contributed by atoms with Gasteiger partial charge in [0.2, 0.25) is 5.91 Å². The molecule has 18 heavy (non-hydrogen) atoms. The number of carboxylic acids is 1. The highest BCUT2D eigenvalue weighted by Gasteiger charge is 2.33. The average molecular weight is 247 g/mol. The van der Waals surface area contributed by atoms with Crippen molar-refractivity contribution < 1.29 is 14.7 Å². The first-order valence-corrected chi connectivity index (χ1v) is 5.98. The number of rotatable bonds is 3. The zero-order valence-corrected chi connectivity index (χ0v) is 10.6. The summed E-state index contributed by atoms with van der Waals surface area (Å²) in [4.78, 5) is 24.8. The molecule has 4 heteroatoms. The Bertz CT molecular complexity index is 469. The molecule has 0 atom stereocenters. The van der Waals surface area contributed by atoms with Gasteiger partial charge >= 0.3 is 5.97 Å². The molecule has 1 heterocycles. The Balaban J connectivity index is 2.04. The highest BCUT2D eigenvalue weighted by molar-refractivity contribution is 5.84. The fourth-order valence-electron chi connectivity index (χ4n) is 2.07. The molecule has 1 N–H and O–H groups in total. The minimum Gasteiger partial charge on any atom is -0.481 e. The maximum atomic E-state index is 12.1. The van der Waals surface area contributed by atoms with Crippen LogP contribution in [0.15, 0.2) is 24.3 Å². The van der Waals surface area contributed by atoms with E-state index in [4.69, 9.17) is 5.11 Å². The first kappa shape index (κ1) is 12.6. The van der Waals surface area contributed by atoms with Crippen molar-refractivity contribution in [2.75, 3.05) is 0 Å². The Labute approximate surface area is 106 Å². The van der Waals surface area contributed by atoms with Gasteiger partial charge in [-0.3, -0.25) is 9.59 Å². The second-order valence-electron chi connectivity index (χ2n) is 5.38. The summed E-state index contributed by atoms with van der Waals surface area (Å²) in [5.74, 6) is -1.04. The molecule has 0 spiro atoms. The molecule has 1 aliphatic heterocycles. The Kier molecular flexibility index (Phi) is 3.11. The second-order valence-corrected chi connectivity index (χ2v) is 5.38. The van der Waals surface area contributed by atoms with E-state index in [1.165, 1.54) is 0 Å². The molecule has 0 unspecified atom stereocenters. The molecule has 0 saturated carbocycles. The Morgan fingerprint density at radius 2 is 1.72 bits per heavy atom. The van der Waals surface area contributed by atoms with Gasteiger partial charge in [0.15, 0.2) is 0 Å². The van der Waals surface area contributed by atoms with Crippen molar-refractivity contribution in [2.45, 2.75) is 33.4 Å². The number of hydrogen-bond acceptors (Lipinski definition) is 2. The topological polar surface area (TPSA) is 57.6 Å². The highest BCUT2D eigenvalue weighted by atomic mass is 16.4. The molecule has 0 saturated heterocycles. The normalized spacial score (nSPS) is 14.4. The first-order valence-electron chi connectivity index (χ1n) is 5.98. The van der Waals surface area contributed by atoms with Crippen LogP contribution >= 0.6 is 0 Å². The van der Waals surface area contributed by atoms with Gasteiger partial charge in [0.05, 0.1) is 5.41 Å². The number of benzene rings is 1. The second kappa shape index (κ2) is 4.44. The van der Waals surface area contributed by atoms with E-state index >= 15 is 0 Å². The summed E-state index contributed by atoms with van der Waals surface area (Å²) in [5.41, 5.74) is 1.30. The van der Waals surface area contributed by atoms with Crippen molar-refractivity contribution in [1.29, 1.82) is 0 Å². The van der Waals surface area contributed by atoms with E-state index in [1.807, 2.05) is 24.3 Å². The lowest BCUT2D eigenvalue weighted by atomic mass is 9.89. The van der Waals surface area contributed by atoms with Gasteiger partial charge in [0, 0.05) is 19.5 Å². The van der Waals surface area contributed by atoms with Crippen LogP contribution in [0.2, 0.25) is 0 Å². The number of carbonyl (C=O) groups excluding carboxylic acids is 1. The summed E-state index contributed by atoms with van der Waals surface area (Å²) in [6.45, 7) is 4.34. The van der Waals surface area contributed by atoms with Crippen LogP contribution in [0.3, 0.4) is 0 Å². The van der Waals surface area contributed by atoms with Gasteiger partial charge in [-0.25, -0.2) is 0 Å². The summed E-state index contributed by atoms with van der Waals surface area (Å²) in [6, 6.07) is 7.91. The molecular formula is C14H17NO3. The van der Waals surface area contributed by atoms with Crippen LogP contribution in [0.5, 0.6) is 0 Å². The third-order valence-electron chi connectivity index (χ3n) is 3.37. The van der Waals surface area contributed by atoms with E-state index in [2.05, 4.69) is 0 Å². The van der Waals surface area contributed by atoms with Crippen LogP contribution in [0.1, 0.15) is 31.4 Å². The molecule has 1 amide bonds. The fraction of sp³-hybridized carbons (Fsp3) is 0.429. The first-order chi connectivity index (χ1) is 8.40. The SMILES string of the molecule is CC(C)(CC(=O)N1Cc2ccccc2C1)C(=O)O. The Morgan fingerprint density at radius 1 is 1.22 bits per heavy atom. The van der Waals surface area contributed by atoms with E-state index in [1.54, 1.807) is 18.7 Å². The van der Waals surface area contributed by atoms with Gasteiger partial charge in [-0.15, -0.1) is 0 Å². The van der Waals surface area contributed by atoms with Crippen molar-refractivity contribution in [2.24, 2.45) is 5.41 Å². The van der Waals surface area contributed by atoms with E-state index in [0.717, 1.165) is 11.1 Å². The van der Waals surface area contributed by atoms with Crippen LogP contribution in [0.4, 0.5) is 0 Å². The minimum atomic E-state index is -1.01. The van der Waals surface area contributed by atoms with Gasteiger partial charge in [-0.1, -0.05) is 24.3 Å². The standard InChI is InChI=1S/C14H17NO3/c1-14(2,13(17)18)7-12(16)15-8-10-5-3-4-6-11(10)9-15/h3-6H,7-9H2,1-2H3,(H,17,18). The molecule has 2 rings (SSSR count). The molecule has 4 nitrogen and oxygen atoms in total. The zero-order valence-electron chi connectivity index (χ0n) is 10.6. The van der Waals surface area contributed by atoms with Gasteiger partial charge in [-0.05, 0) is 25.0 Å². The van der Waals surface area contributed by atoms with Crippen LogP contribution in [-0.4, -0.2) is 21.9 Å². The largest absolute Gasteiger partial charge is 0.481 e. The van der Waals surface area contributed by atoms with Gasteiger partial charge in [-0.2, -0.15) is 0 Å². The maximum Gasteiger partial charge on any atom is 0.309 e. The number of nitrogens with zero attached hydrogens (tertiary/aromatic N) is 1. The lowest BCUT2D eigenvalue weighted by molar-refractivity contribution is -0.151. The lowest BCUT2D eigenvalue weighted by Gasteiger charge is -2.22. The lowest BCUT2D eigenvalue weighted by Crippen LogP contribution is -2.34. The van der Waals surface area contributed by atoms with E-state index in [0.29, 0.717) is 13.1 Å². The smallest absolute Gasteiger partial charge is 0.309 e. The van der Waals surface area contributed by atoms with Crippen LogP contribution in [0, 0.1) is 5.41 Å². The van der Waals surface area contributed by atoms with Crippen molar-refractivity contribution >= 4 is 11.9 Å². The van der Waals surface area contributed by atoms with Crippen LogP contribution < -0.4 is 0 Å². The summed E-state index contributed by atoms with van der Waals surface area (Å²) in [6.07, 6.45) is 0.0380. The summed E-state index contributed by atoms with van der Waals surface area (Å²) in [5, 5.41) is 9.04. The predicted octanol–water partition coefficient (Wildman–Crippen LogP) is 2.03. The Hall–Kier alpha value is -1.84. The van der Waals surface area contributed by atoms with Crippen molar-refractivity contribution in [1.82, 2.24) is 4.90 Å². The molecule has 0 bridgehead atoms. The molecule has 96 valence electrons. The number of carboxylic acid groups (broad SMARTS) is 1. The predicted molar refractivity (Wildman–Crippen MR) is 66.7 cm³/mol. The summed E-state index contributed by atoms with van der Waals surface area (Å²) < 4.78 is 0. The van der Waals surface area contributed by atoms with Crippen molar-refractivity contribution in [3.8, 4) is 0 Å². The molecule has 1 aliphatic rings. The molecule has 1 aromatic rings. The monoisotopic (exact) mass is 247 g/mol. The third kappa shape index (κ3) is 2.37. The number of amides is 1. The van der Waals surface area contributed by atoms with Crippen molar-refractivity contribution in [3.05, 3.63) is 35.4 Å². The molecule has 1 aromatic carbocycles. The average Bonchev–Trinajstić information content (AvgIpc) is 2.71. The van der Waals surface area contributed by atoms with E-state index in [-0.39, 0.29) is 12.3 Å². The highest BCUT2D eigenvalue weighted by Crippen LogP contribution is 2.27. The number of fused-ring (bicyclic) bond motifs is 1. The molecule has 0 fully saturated rings. The Morgan fingerprint density at radius 3 is 2.17 bits per heavy atom. The zero-order chi connectivity index (χ0) is 13.3. The molecule has 0 aliphatic carbocycles. The molecule has 0 radical (unpaired) electrons. The number of carbonyl (C=O) groups is 2. The molecular weight excluding hydrogens is 230 g/mol. The summed E-state index contributed by atoms with van der Waals surface area (Å²) in [7, 11) is 0. The third-order valence-corrected chi connectivity index (χ3v) is 3.37. The van der Waals surface area contributed by atoms with E-state index < -0.39 is 11.4 Å². The maximum absolute atomic E-state index is 12.1. The molecule has 0 aromatic heterocycles. The number of aliphatic carboxylic acids is 1. The van der Waals surface area contributed by atoms with Gasteiger partial charge < -0.3 is 10.0 Å². The number of hydrogen-bond donors (Lipinski definition) is 1. The van der Waals surface area contributed by atoms with Crippen molar-refractivity contribution in [3.63, 3.8) is 0 Å². The fourth-order valence-corrected chi connectivity index (χ4v) is 2.07.